The zero-order chi connectivity index (χ0) is 16.5. The first-order chi connectivity index (χ1) is 10.5. The van der Waals surface area contributed by atoms with Crippen LogP contribution in [-0.2, 0) is 10.1 Å². The van der Waals surface area contributed by atoms with Crippen LogP contribution in [0, 0.1) is 0 Å². The average Bonchev–Trinajstić information content (AvgIpc) is 2.55. The summed E-state index contributed by atoms with van der Waals surface area (Å²) in [6.07, 6.45) is 0. The molecule has 0 radical (unpaired) electrons. The van der Waals surface area contributed by atoms with Crippen LogP contribution in [0.25, 0.3) is 11.1 Å². The Morgan fingerprint density at radius 2 is 0.864 bits per heavy atom. The third-order valence-electron chi connectivity index (χ3n) is 3.52. The van der Waals surface area contributed by atoms with E-state index in [4.69, 9.17) is 10.5 Å². The standard InChI is InChI=1S/C18H22.H2O4/c1-13(2)15-5-9-17(10-6-15)18-11-7-16(8-12-18)14(3)4;1-3-4-2/h5-14H,1-4H3;1-2H. The molecular weight excluding hydrogens is 280 g/mol. The highest BCUT2D eigenvalue weighted by Gasteiger charge is 2.02. The van der Waals surface area contributed by atoms with Crippen molar-refractivity contribution in [1.29, 1.82) is 0 Å². The SMILES string of the molecule is CC(C)c1ccc(-c2ccc(C(C)C)cc2)cc1.OOOO. The Morgan fingerprint density at radius 1 is 0.591 bits per heavy atom. The Hall–Kier alpha value is -1.72. The second-order valence-electron chi connectivity index (χ2n) is 5.70. The molecule has 0 heterocycles. The maximum Gasteiger partial charge on any atom is -0.0184 e. The maximum atomic E-state index is 6.90. The van der Waals surface area contributed by atoms with Gasteiger partial charge in [-0.1, -0.05) is 76.2 Å². The van der Waals surface area contributed by atoms with E-state index in [2.05, 4.69) is 86.3 Å². The summed E-state index contributed by atoms with van der Waals surface area (Å²) < 4.78 is 0. The molecule has 0 aromatic heterocycles. The topological polar surface area (TPSA) is 58.9 Å². The van der Waals surface area contributed by atoms with Crippen molar-refractivity contribution >= 4 is 0 Å². The molecule has 22 heavy (non-hydrogen) atoms. The molecule has 0 unspecified atom stereocenters. The van der Waals surface area contributed by atoms with Crippen molar-refractivity contribution in [2.45, 2.75) is 39.5 Å². The van der Waals surface area contributed by atoms with Gasteiger partial charge in [0, 0.05) is 0 Å². The Balaban J connectivity index is 0.000000541. The summed E-state index contributed by atoms with van der Waals surface area (Å²) >= 11 is 0. The van der Waals surface area contributed by atoms with E-state index in [1.807, 2.05) is 0 Å². The molecule has 0 saturated heterocycles. The second-order valence-corrected chi connectivity index (χ2v) is 5.70. The molecule has 0 bridgehead atoms. The van der Waals surface area contributed by atoms with Gasteiger partial charge in [0.05, 0.1) is 0 Å². The fourth-order valence-corrected chi connectivity index (χ4v) is 2.12. The Morgan fingerprint density at radius 3 is 1.05 bits per heavy atom. The summed E-state index contributed by atoms with van der Waals surface area (Å²) in [7, 11) is 0. The van der Waals surface area contributed by atoms with Crippen molar-refractivity contribution in [2.75, 3.05) is 0 Å². The molecule has 2 aromatic carbocycles. The third-order valence-corrected chi connectivity index (χ3v) is 3.52. The van der Waals surface area contributed by atoms with Gasteiger partial charge in [-0.2, -0.15) is 0 Å². The van der Waals surface area contributed by atoms with Crippen molar-refractivity contribution in [1.82, 2.24) is 0 Å². The molecule has 0 spiro atoms. The lowest BCUT2D eigenvalue weighted by molar-refractivity contribution is -0.611. The molecule has 0 aliphatic heterocycles. The average molecular weight is 304 g/mol. The van der Waals surface area contributed by atoms with Gasteiger partial charge in [0.15, 0.2) is 0 Å². The fourth-order valence-electron chi connectivity index (χ4n) is 2.12. The van der Waals surface area contributed by atoms with E-state index in [9.17, 15) is 0 Å². The highest BCUT2D eigenvalue weighted by atomic mass is 17.6. The minimum absolute atomic E-state index is 0.599. The predicted molar refractivity (Wildman–Crippen MR) is 87.5 cm³/mol. The van der Waals surface area contributed by atoms with Gasteiger partial charge in [0.2, 0.25) is 0 Å². The summed E-state index contributed by atoms with van der Waals surface area (Å²) in [6.45, 7) is 8.91. The van der Waals surface area contributed by atoms with Gasteiger partial charge in [-0.15, -0.1) is 0 Å². The van der Waals surface area contributed by atoms with E-state index in [1.54, 1.807) is 0 Å². The van der Waals surface area contributed by atoms with Gasteiger partial charge in [-0.3, -0.25) is 0 Å². The lowest BCUT2D eigenvalue weighted by Gasteiger charge is -2.09. The summed E-state index contributed by atoms with van der Waals surface area (Å²) in [5.74, 6) is 1.20. The van der Waals surface area contributed by atoms with E-state index < -0.39 is 0 Å². The monoisotopic (exact) mass is 304 g/mol. The van der Waals surface area contributed by atoms with Crippen LogP contribution in [0.1, 0.15) is 50.7 Å². The minimum Gasteiger partial charge on any atom is -0.219 e. The largest absolute Gasteiger partial charge is 0.219 e. The molecule has 2 rings (SSSR count). The van der Waals surface area contributed by atoms with Crippen LogP contribution in [0.2, 0.25) is 0 Å². The maximum absolute atomic E-state index is 6.90. The molecule has 0 aliphatic carbocycles. The molecule has 2 aromatic rings. The smallest absolute Gasteiger partial charge is 0.0184 e. The quantitative estimate of drug-likeness (QED) is 0.580. The summed E-state index contributed by atoms with van der Waals surface area (Å²) in [6, 6.07) is 17.8. The van der Waals surface area contributed by atoms with Gasteiger partial charge in [-0.05, 0) is 44.2 Å². The highest BCUT2D eigenvalue weighted by Crippen LogP contribution is 2.24. The molecule has 4 heteroatoms. The second kappa shape index (κ2) is 9.33. The van der Waals surface area contributed by atoms with Crippen LogP contribution in [0.15, 0.2) is 48.5 Å². The van der Waals surface area contributed by atoms with E-state index in [0.29, 0.717) is 11.8 Å². The number of hydrogen-bond donors (Lipinski definition) is 2. The van der Waals surface area contributed by atoms with Crippen molar-refractivity contribution in [2.24, 2.45) is 0 Å². The minimum atomic E-state index is 0.599. The molecule has 0 atom stereocenters. The number of hydrogen-bond acceptors (Lipinski definition) is 4. The molecule has 120 valence electrons. The Kier molecular flexibility index (Phi) is 7.77. The normalized spacial score (nSPS) is 10.5. The molecule has 0 aliphatic rings. The van der Waals surface area contributed by atoms with E-state index in [-0.39, 0.29) is 0 Å². The van der Waals surface area contributed by atoms with Gasteiger partial charge in [0.25, 0.3) is 0 Å². The molecular formula is C18H24O4. The lowest BCUT2D eigenvalue weighted by atomic mass is 9.96. The molecule has 0 fully saturated rings. The summed E-state index contributed by atoms with van der Waals surface area (Å²) in [5, 5.41) is 19.0. The van der Waals surface area contributed by atoms with Crippen LogP contribution in [0.3, 0.4) is 0 Å². The van der Waals surface area contributed by atoms with E-state index >= 15 is 0 Å². The van der Waals surface area contributed by atoms with Crippen LogP contribution in [0.4, 0.5) is 0 Å². The molecule has 0 amide bonds. The van der Waals surface area contributed by atoms with Crippen molar-refractivity contribution in [3.05, 3.63) is 59.7 Å². The van der Waals surface area contributed by atoms with Gasteiger partial charge in [-0.25, -0.2) is 10.5 Å². The van der Waals surface area contributed by atoms with Crippen LogP contribution in [0.5, 0.6) is 0 Å². The van der Waals surface area contributed by atoms with Gasteiger partial charge >= 0.3 is 0 Å². The van der Waals surface area contributed by atoms with Crippen LogP contribution < -0.4 is 0 Å². The number of benzene rings is 2. The summed E-state index contributed by atoms with van der Waals surface area (Å²) in [4.78, 5) is 0. The first-order valence-corrected chi connectivity index (χ1v) is 7.31. The first-order valence-electron chi connectivity index (χ1n) is 7.31. The van der Waals surface area contributed by atoms with E-state index in [0.717, 1.165) is 0 Å². The van der Waals surface area contributed by atoms with Crippen molar-refractivity contribution in [3.8, 4) is 11.1 Å². The highest BCUT2D eigenvalue weighted by molar-refractivity contribution is 5.64. The fraction of sp³-hybridized carbons (Fsp3) is 0.333. The van der Waals surface area contributed by atoms with Crippen LogP contribution in [-0.4, -0.2) is 10.5 Å². The molecule has 0 saturated carbocycles. The number of rotatable bonds is 4. The Bertz CT molecular complexity index is 479. The summed E-state index contributed by atoms with van der Waals surface area (Å²) in [5.41, 5.74) is 5.40. The predicted octanol–water partition coefficient (Wildman–Crippen LogP) is 5.48. The van der Waals surface area contributed by atoms with Crippen LogP contribution >= 0.6 is 0 Å². The van der Waals surface area contributed by atoms with Crippen molar-refractivity contribution in [3.63, 3.8) is 0 Å². The van der Waals surface area contributed by atoms with Gasteiger partial charge in [0.1, 0.15) is 0 Å². The van der Waals surface area contributed by atoms with Gasteiger partial charge < -0.3 is 0 Å². The van der Waals surface area contributed by atoms with E-state index in [1.165, 1.54) is 22.3 Å². The Labute approximate surface area is 131 Å². The zero-order valence-corrected chi connectivity index (χ0v) is 13.5. The first kappa shape index (κ1) is 18.3. The van der Waals surface area contributed by atoms with Crippen molar-refractivity contribution < 1.29 is 20.6 Å². The molecule has 2 N–H and O–H groups in total. The third kappa shape index (κ3) is 5.58. The zero-order valence-electron chi connectivity index (χ0n) is 13.5. The molecule has 4 nitrogen and oxygen atoms in total. The lowest BCUT2D eigenvalue weighted by Crippen LogP contribution is -1.88.